The number of aryl methyl sites for hydroxylation is 1. The Hall–Kier alpha value is -1.23. The Morgan fingerprint density at radius 1 is 1.58 bits per heavy atom. The van der Waals surface area contributed by atoms with Crippen molar-refractivity contribution >= 4 is 0 Å². The van der Waals surface area contributed by atoms with Crippen LogP contribution in [0.25, 0.3) is 0 Å². The fourth-order valence-electron chi connectivity index (χ4n) is 1.07. The largest absolute Gasteiger partial charge is 0.493 e. The molecule has 0 amide bonds. The van der Waals surface area contributed by atoms with E-state index in [4.69, 9.17) is 5.11 Å². The molecule has 0 spiro atoms. The fourth-order valence-corrected chi connectivity index (χ4v) is 1.07. The summed E-state index contributed by atoms with van der Waals surface area (Å²) in [5.74, 6) is -0.0726. The Bertz CT molecular complexity index is 313. The molecule has 1 aromatic heterocycles. The van der Waals surface area contributed by atoms with Gasteiger partial charge in [-0.2, -0.15) is 0 Å². The zero-order valence-corrected chi connectivity index (χ0v) is 6.87. The quantitative estimate of drug-likeness (QED) is 0.571. The van der Waals surface area contributed by atoms with Gasteiger partial charge in [-0.05, 0) is 6.92 Å². The van der Waals surface area contributed by atoms with E-state index in [-0.39, 0.29) is 30.0 Å². The van der Waals surface area contributed by atoms with Crippen molar-refractivity contribution in [1.82, 2.24) is 9.78 Å². The molecule has 0 saturated carbocycles. The van der Waals surface area contributed by atoms with Gasteiger partial charge in [-0.3, -0.25) is 14.6 Å². The number of nitrogens with one attached hydrogen (secondary N) is 1. The van der Waals surface area contributed by atoms with Gasteiger partial charge in [0.15, 0.2) is 0 Å². The molecule has 1 aromatic rings. The standard InChI is InChI=1S/C7H12N2O3/c1-2-9-7(12)5(3-4-10)6(11)8-9/h10,12H,2-4H2,1H3,(H,8,11). The second-order valence-electron chi connectivity index (χ2n) is 2.46. The van der Waals surface area contributed by atoms with E-state index >= 15 is 0 Å². The molecule has 0 fully saturated rings. The highest BCUT2D eigenvalue weighted by molar-refractivity contribution is 5.22. The molecule has 5 nitrogen and oxygen atoms in total. The molecule has 1 heterocycles. The molecule has 0 unspecified atom stereocenters. The molecule has 5 heteroatoms. The summed E-state index contributed by atoms with van der Waals surface area (Å²) in [6.07, 6.45) is 0.189. The third-order valence-electron chi connectivity index (χ3n) is 1.71. The number of H-pyrrole nitrogens is 1. The van der Waals surface area contributed by atoms with Crippen molar-refractivity contribution in [2.24, 2.45) is 0 Å². The van der Waals surface area contributed by atoms with Gasteiger partial charge in [0, 0.05) is 19.6 Å². The van der Waals surface area contributed by atoms with Crippen molar-refractivity contribution in [1.29, 1.82) is 0 Å². The maximum atomic E-state index is 11.1. The summed E-state index contributed by atoms with van der Waals surface area (Å²) in [4.78, 5) is 11.1. The number of rotatable bonds is 3. The minimum atomic E-state index is -0.330. The number of aromatic nitrogens is 2. The molecule has 0 radical (unpaired) electrons. The van der Waals surface area contributed by atoms with Gasteiger partial charge in [-0.25, -0.2) is 0 Å². The highest BCUT2D eigenvalue weighted by Gasteiger charge is 2.11. The van der Waals surface area contributed by atoms with Crippen LogP contribution in [0.3, 0.4) is 0 Å². The van der Waals surface area contributed by atoms with E-state index in [2.05, 4.69) is 5.10 Å². The molecule has 0 aliphatic rings. The molecule has 0 atom stereocenters. The maximum absolute atomic E-state index is 11.1. The summed E-state index contributed by atoms with van der Waals surface area (Å²) < 4.78 is 1.34. The van der Waals surface area contributed by atoms with Gasteiger partial charge in [0.1, 0.15) is 0 Å². The average Bonchev–Trinajstić information content (AvgIpc) is 2.32. The first kappa shape index (κ1) is 8.86. The molecular formula is C7H12N2O3. The molecule has 0 bridgehead atoms. The Kier molecular flexibility index (Phi) is 2.54. The molecule has 3 N–H and O–H groups in total. The summed E-state index contributed by atoms with van der Waals surface area (Å²) in [7, 11) is 0. The van der Waals surface area contributed by atoms with Crippen molar-refractivity contribution in [3.8, 4) is 5.88 Å². The lowest BCUT2D eigenvalue weighted by atomic mass is 10.2. The summed E-state index contributed by atoms with van der Waals surface area (Å²) in [6.45, 7) is 2.18. The van der Waals surface area contributed by atoms with Crippen LogP contribution in [-0.2, 0) is 13.0 Å². The topological polar surface area (TPSA) is 78.2 Å². The van der Waals surface area contributed by atoms with Crippen LogP contribution in [0, 0.1) is 0 Å². The van der Waals surface area contributed by atoms with Crippen LogP contribution < -0.4 is 5.56 Å². The maximum Gasteiger partial charge on any atom is 0.271 e. The van der Waals surface area contributed by atoms with Gasteiger partial charge in [-0.15, -0.1) is 0 Å². The van der Waals surface area contributed by atoms with Gasteiger partial charge < -0.3 is 10.2 Å². The Morgan fingerprint density at radius 3 is 2.67 bits per heavy atom. The van der Waals surface area contributed by atoms with Gasteiger partial charge in [-0.1, -0.05) is 0 Å². The molecule has 0 aliphatic heterocycles. The van der Waals surface area contributed by atoms with Crippen molar-refractivity contribution in [3.05, 3.63) is 15.9 Å². The highest BCUT2D eigenvalue weighted by atomic mass is 16.3. The van der Waals surface area contributed by atoms with Crippen LogP contribution in [0.4, 0.5) is 0 Å². The van der Waals surface area contributed by atoms with E-state index in [1.165, 1.54) is 4.68 Å². The van der Waals surface area contributed by atoms with Crippen LogP contribution in [0.5, 0.6) is 5.88 Å². The monoisotopic (exact) mass is 172 g/mol. The van der Waals surface area contributed by atoms with Crippen LogP contribution in [-0.4, -0.2) is 26.6 Å². The van der Waals surface area contributed by atoms with E-state index < -0.39 is 0 Å². The Morgan fingerprint density at radius 2 is 2.25 bits per heavy atom. The third-order valence-corrected chi connectivity index (χ3v) is 1.71. The lowest BCUT2D eigenvalue weighted by Crippen LogP contribution is -2.08. The normalized spacial score (nSPS) is 10.5. The van der Waals surface area contributed by atoms with Crippen molar-refractivity contribution in [3.63, 3.8) is 0 Å². The zero-order chi connectivity index (χ0) is 9.14. The summed E-state index contributed by atoms with van der Waals surface area (Å²) in [5, 5.41) is 20.4. The number of hydrogen-bond acceptors (Lipinski definition) is 3. The summed E-state index contributed by atoms with van der Waals surface area (Å²) in [5.41, 5.74) is -0.0808. The second-order valence-corrected chi connectivity index (χ2v) is 2.46. The zero-order valence-electron chi connectivity index (χ0n) is 6.87. The Balaban J connectivity index is 3.10. The fraction of sp³-hybridized carbons (Fsp3) is 0.571. The minimum Gasteiger partial charge on any atom is -0.493 e. The van der Waals surface area contributed by atoms with Crippen molar-refractivity contribution in [2.45, 2.75) is 19.9 Å². The van der Waals surface area contributed by atoms with Crippen LogP contribution in [0.2, 0.25) is 0 Å². The Labute approximate surface area is 69.2 Å². The van der Waals surface area contributed by atoms with Gasteiger partial charge >= 0.3 is 0 Å². The summed E-state index contributed by atoms with van der Waals surface area (Å²) >= 11 is 0. The number of aliphatic hydroxyl groups excluding tert-OH is 1. The van der Waals surface area contributed by atoms with E-state index in [1.807, 2.05) is 0 Å². The minimum absolute atomic E-state index is 0.0726. The predicted octanol–water partition coefficient (Wildman–Crippen LogP) is -0.563. The third kappa shape index (κ3) is 1.35. The van der Waals surface area contributed by atoms with E-state index in [0.29, 0.717) is 6.54 Å². The number of aliphatic hydroxyl groups is 1. The lowest BCUT2D eigenvalue weighted by molar-refractivity contribution is 0.296. The van der Waals surface area contributed by atoms with Crippen LogP contribution in [0.15, 0.2) is 4.79 Å². The van der Waals surface area contributed by atoms with E-state index in [1.54, 1.807) is 6.92 Å². The van der Waals surface area contributed by atoms with Gasteiger partial charge in [0.05, 0.1) is 5.56 Å². The SMILES string of the molecule is CCn1[nH]c(=O)c(CCO)c1O. The van der Waals surface area contributed by atoms with Crippen molar-refractivity contribution < 1.29 is 10.2 Å². The molecule has 1 rings (SSSR count). The molecule has 0 aromatic carbocycles. The lowest BCUT2D eigenvalue weighted by Gasteiger charge is -1.98. The van der Waals surface area contributed by atoms with Crippen LogP contribution in [0.1, 0.15) is 12.5 Å². The highest BCUT2D eigenvalue weighted by Crippen LogP contribution is 2.11. The first-order valence-electron chi connectivity index (χ1n) is 3.82. The second kappa shape index (κ2) is 3.44. The number of aromatic hydroxyl groups is 1. The number of aromatic amines is 1. The number of nitrogens with zero attached hydrogens (tertiary/aromatic N) is 1. The molecule has 12 heavy (non-hydrogen) atoms. The molecule has 0 aliphatic carbocycles. The first-order valence-corrected chi connectivity index (χ1v) is 3.82. The predicted molar refractivity (Wildman–Crippen MR) is 43.2 cm³/mol. The smallest absolute Gasteiger partial charge is 0.271 e. The van der Waals surface area contributed by atoms with Gasteiger partial charge in [0.2, 0.25) is 5.88 Å². The van der Waals surface area contributed by atoms with Crippen LogP contribution >= 0.6 is 0 Å². The van der Waals surface area contributed by atoms with Crippen molar-refractivity contribution in [2.75, 3.05) is 6.61 Å². The van der Waals surface area contributed by atoms with Gasteiger partial charge in [0.25, 0.3) is 5.56 Å². The number of hydrogen-bond donors (Lipinski definition) is 3. The molecule has 68 valence electrons. The molecular weight excluding hydrogens is 160 g/mol. The molecule has 0 saturated heterocycles. The average molecular weight is 172 g/mol. The van der Waals surface area contributed by atoms with E-state index in [0.717, 1.165) is 0 Å². The first-order chi connectivity index (χ1) is 5.70. The van der Waals surface area contributed by atoms with E-state index in [9.17, 15) is 9.90 Å². The summed E-state index contributed by atoms with van der Waals surface area (Å²) in [6, 6.07) is 0.